The minimum absolute atomic E-state index is 0.676. The molecule has 1 saturated heterocycles. The molecule has 3 rings (SSSR count). The molecule has 2 aromatic rings. The second-order valence-electron chi connectivity index (χ2n) is 5.91. The van der Waals surface area contributed by atoms with E-state index >= 15 is 0 Å². The van der Waals surface area contributed by atoms with Crippen molar-refractivity contribution in [2.24, 2.45) is 0 Å². The lowest BCUT2D eigenvalue weighted by Crippen LogP contribution is -2.33. The maximum Gasteiger partial charge on any atom is 0.0104 e. The van der Waals surface area contributed by atoms with E-state index in [4.69, 9.17) is 0 Å². The first-order valence-electron chi connectivity index (χ1n) is 7.71. The van der Waals surface area contributed by atoms with E-state index in [2.05, 4.69) is 60.8 Å². The first-order valence-corrected chi connectivity index (χ1v) is 7.71. The van der Waals surface area contributed by atoms with Gasteiger partial charge in [0.25, 0.3) is 0 Å². The van der Waals surface area contributed by atoms with E-state index in [-0.39, 0.29) is 0 Å². The molecule has 0 aliphatic carbocycles. The Kier molecular flexibility index (Phi) is 4.17. The van der Waals surface area contributed by atoms with Gasteiger partial charge in [-0.1, -0.05) is 60.5 Å². The van der Waals surface area contributed by atoms with Crippen molar-refractivity contribution in [1.29, 1.82) is 0 Å². The number of fused-ring (bicyclic) bond motifs is 1. The molecule has 20 heavy (non-hydrogen) atoms. The molecule has 0 aromatic heterocycles. The van der Waals surface area contributed by atoms with Gasteiger partial charge in [0.15, 0.2) is 0 Å². The molecule has 1 unspecified atom stereocenters. The van der Waals surface area contributed by atoms with Gasteiger partial charge >= 0.3 is 0 Å². The minimum Gasteiger partial charge on any atom is -0.314 e. The fourth-order valence-corrected chi connectivity index (χ4v) is 3.19. The van der Waals surface area contributed by atoms with Crippen LogP contribution in [0.1, 0.15) is 38.2 Å². The average Bonchev–Trinajstić information content (AvgIpc) is 2.48. The summed E-state index contributed by atoms with van der Waals surface area (Å²) < 4.78 is 0. The van der Waals surface area contributed by atoms with Gasteiger partial charge in [-0.25, -0.2) is 0 Å². The van der Waals surface area contributed by atoms with Crippen molar-refractivity contribution < 1.29 is 0 Å². The van der Waals surface area contributed by atoms with Crippen molar-refractivity contribution in [3.63, 3.8) is 0 Å². The Morgan fingerprint density at radius 3 is 2.85 bits per heavy atom. The maximum atomic E-state index is 3.63. The van der Waals surface area contributed by atoms with Gasteiger partial charge < -0.3 is 5.32 Å². The number of piperidine rings is 1. The molecular weight excluding hydrogens is 242 g/mol. The van der Waals surface area contributed by atoms with E-state index in [0.717, 1.165) is 0 Å². The number of rotatable bonds is 3. The van der Waals surface area contributed by atoms with Crippen LogP contribution in [0.4, 0.5) is 0 Å². The van der Waals surface area contributed by atoms with Crippen molar-refractivity contribution in [3.8, 4) is 0 Å². The number of benzene rings is 2. The van der Waals surface area contributed by atoms with Crippen LogP contribution in [-0.2, 0) is 0 Å². The Morgan fingerprint density at radius 1 is 1.15 bits per heavy atom. The normalized spacial score (nSPS) is 20.2. The number of nitrogens with one attached hydrogen (secondary N) is 1. The fraction of sp³-hybridized carbons (Fsp3) is 0.368. The van der Waals surface area contributed by atoms with Crippen molar-refractivity contribution in [2.45, 2.75) is 38.6 Å². The molecule has 1 aliphatic heterocycles. The third kappa shape index (κ3) is 3.10. The lowest BCUT2D eigenvalue weighted by atomic mass is 9.96. The monoisotopic (exact) mass is 265 g/mol. The molecule has 1 heterocycles. The van der Waals surface area contributed by atoms with E-state index < -0.39 is 0 Å². The van der Waals surface area contributed by atoms with Crippen LogP contribution in [0.25, 0.3) is 16.8 Å². The summed E-state index contributed by atoms with van der Waals surface area (Å²) in [5, 5.41) is 6.31. The van der Waals surface area contributed by atoms with Gasteiger partial charge in [-0.3, -0.25) is 0 Å². The minimum atomic E-state index is 0.676. The lowest BCUT2D eigenvalue weighted by molar-refractivity contribution is 0.399. The molecule has 1 heteroatoms. The van der Waals surface area contributed by atoms with E-state index in [1.807, 2.05) is 0 Å². The Bertz CT molecular complexity index is 601. The molecule has 0 amide bonds. The highest BCUT2D eigenvalue weighted by molar-refractivity contribution is 5.90. The Hall–Kier alpha value is -1.60. The molecule has 0 bridgehead atoms. The molecule has 0 spiro atoms. The predicted molar refractivity (Wildman–Crippen MR) is 87.9 cm³/mol. The van der Waals surface area contributed by atoms with Gasteiger partial charge in [-0.15, -0.1) is 0 Å². The van der Waals surface area contributed by atoms with E-state index in [0.29, 0.717) is 6.04 Å². The molecule has 1 nitrogen and oxygen atoms in total. The van der Waals surface area contributed by atoms with Crippen LogP contribution in [0.5, 0.6) is 0 Å². The van der Waals surface area contributed by atoms with Gasteiger partial charge in [0.05, 0.1) is 0 Å². The second kappa shape index (κ2) is 6.23. The summed E-state index contributed by atoms with van der Waals surface area (Å²) >= 11 is 0. The summed E-state index contributed by atoms with van der Waals surface area (Å²) in [6.45, 7) is 3.45. The van der Waals surface area contributed by atoms with Gasteiger partial charge in [0.2, 0.25) is 0 Å². The zero-order valence-electron chi connectivity index (χ0n) is 12.2. The van der Waals surface area contributed by atoms with Crippen LogP contribution >= 0.6 is 0 Å². The third-order valence-electron chi connectivity index (χ3n) is 4.21. The summed E-state index contributed by atoms with van der Waals surface area (Å²) in [5.41, 5.74) is 2.82. The molecule has 1 fully saturated rings. The molecule has 0 radical (unpaired) electrons. The van der Waals surface area contributed by atoms with Crippen LogP contribution in [0.15, 0.2) is 48.0 Å². The second-order valence-corrected chi connectivity index (χ2v) is 5.91. The van der Waals surface area contributed by atoms with Gasteiger partial charge in [0.1, 0.15) is 0 Å². The number of hydrogen-bond donors (Lipinski definition) is 1. The Morgan fingerprint density at radius 2 is 2.00 bits per heavy atom. The predicted octanol–water partition coefficient (Wildman–Crippen LogP) is 4.78. The van der Waals surface area contributed by atoms with Crippen LogP contribution in [0, 0.1) is 0 Å². The largest absolute Gasteiger partial charge is 0.314 e. The van der Waals surface area contributed by atoms with Crippen LogP contribution in [-0.4, -0.2) is 12.6 Å². The van der Waals surface area contributed by atoms with Crippen molar-refractivity contribution in [1.82, 2.24) is 5.32 Å². The zero-order valence-corrected chi connectivity index (χ0v) is 12.2. The van der Waals surface area contributed by atoms with Crippen molar-refractivity contribution in [3.05, 3.63) is 53.6 Å². The molecule has 104 valence electrons. The average molecular weight is 265 g/mol. The summed E-state index contributed by atoms with van der Waals surface area (Å²) in [6.07, 6.45) is 7.56. The molecular formula is C19H23N. The molecule has 1 N–H and O–H groups in total. The quantitative estimate of drug-likeness (QED) is 0.842. The van der Waals surface area contributed by atoms with E-state index in [1.54, 1.807) is 0 Å². The van der Waals surface area contributed by atoms with Crippen molar-refractivity contribution >= 4 is 16.8 Å². The Balaban J connectivity index is 1.81. The van der Waals surface area contributed by atoms with Crippen LogP contribution < -0.4 is 5.32 Å². The molecule has 1 atom stereocenters. The third-order valence-corrected chi connectivity index (χ3v) is 4.21. The summed E-state index contributed by atoms with van der Waals surface area (Å²) in [5.74, 6) is 0. The lowest BCUT2D eigenvalue weighted by Gasteiger charge is -2.23. The number of hydrogen-bond acceptors (Lipinski definition) is 1. The highest BCUT2D eigenvalue weighted by Crippen LogP contribution is 2.23. The topological polar surface area (TPSA) is 12.0 Å². The van der Waals surface area contributed by atoms with Crippen LogP contribution in [0.2, 0.25) is 0 Å². The van der Waals surface area contributed by atoms with Gasteiger partial charge in [0, 0.05) is 6.04 Å². The van der Waals surface area contributed by atoms with Crippen LogP contribution in [0.3, 0.4) is 0 Å². The summed E-state index contributed by atoms with van der Waals surface area (Å²) in [7, 11) is 0. The molecule has 0 saturated carbocycles. The maximum absolute atomic E-state index is 3.63. The zero-order chi connectivity index (χ0) is 13.8. The standard InChI is InChI=1S/C19H23N/c1-15(14-18-10-4-5-12-20-18)13-17-9-6-8-16-7-2-3-11-19(16)17/h2-3,6-9,11,13,18,20H,4-5,10,12,14H2,1H3/b15-13-. The summed E-state index contributed by atoms with van der Waals surface area (Å²) in [6, 6.07) is 15.9. The molecule has 2 aromatic carbocycles. The van der Waals surface area contributed by atoms with Gasteiger partial charge in [-0.05, 0) is 49.1 Å². The smallest absolute Gasteiger partial charge is 0.0104 e. The first-order chi connectivity index (χ1) is 9.83. The highest BCUT2D eigenvalue weighted by Gasteiger charge is 2.12. The molecule has 1 aliphatic rings. The fourth-order valence-electron chi connectivity index (χ4n) is 3.19. The van der Waals surface area contributed by atoms with Crippen molar-refractivity contribution in [2.75, 3.05) is 6.54 Å². The summed E-state index contributed by atoms with van der Waals surface area (Å²) in [4.78, 5) is 0. The first kappa shape index (κ1) is 13.4. The van der Waals surface area contributed by atoms with E-state index in [9.17, 15) is 0 Å². The van der Waals surface area contributed by atoms with Gasteiger partial charge in [-0.2, -0.15) is 0 Å². The Labute approximate surface area is 121 Å². The SMILES string of the molecule is C/C(=C/c1cccc2ccccc12)CC1CCCCN1. The highest BCUT2D eigenvalue weighted by atomic mass is 14.9. The van der Waals surface area contributed by atoms with E-state index in [1.165, 1.54) is 54.1 Å².